The van der Waals surface area contributed by atoms with Crippen LogP contribution >= 0.6 is 0 Å². The van der Waals surface area contributed by atoms with Gasteiger partial charge in [0.2, 0.25) is 0 Å². The van der Waals surface area contributed by atoms with Gasteiger partial charge in [-0.25, -0.2) is 18.0 Å². The minimum Gasteiger partial charge on any atom is -0.461 e. The first-order valence-corrected chi connectivity index (χ1v) is 10.3. The van der Waals surface area contributed by atoms with Crippen molar-refractivity contribution in [2.75, 3.05) is 26.1 Å². The Morgan fingerprint density at radius 2 is 1.79 bits per heavy atom. The lowest BCUT2D eigenvalue weighted by molar-refractivity contribution is -0.169. The van der Waals surface area contributed by atoms with Crippen LogP contribution in [0.1, 0.15) is 27.7 Å². The molecule has 0 bridgehead atoms. The number of fused-ring (bicyclic) bond motifs is 1. The monoisotopic (exact) mass is 433 g/mol. The Bertz CT molecular complexity index is 867. The molecule has 0 saturated carbocycles. The highest BCUT2D eigenvalue weighted by Gasteiger charge is 2.60. The van der Waals surface area contributed by atoms with Gasteiger partial charge in [0, 0.05) is 19.6 Å². The molecule has 11 nitrogen and oxygen atoms in total. The number of amides is 1. The maximum atomic E-state index is 12.6. The average Bonchev–Trinajstić information content (AvgIpc) is 2.56. The maximum Gasteiger partial charge on any atom is 0.355 e. The van der Waals surface area contributed by atoms with E-state index in [0.717, 1.165) is 11.8 Å². The molecule has 1 fully saturated rings. The second-order valence-electron chi connectivity index (χ2n) is 7.46. The molecule has 0 aromatic heterocycles. The first-order chi connectivity index (χ1) is 13.3. The van der Waals surface area contributed by atoms with Crippen molar-refractivity contribution in [2.45, 2.75) is 44.8 Å². The van der Waals surface area contributed by atoms with Crippen LogP contribution in [0.15, 0.2) is 11.3 Å². The first kappa shape index (κ1) is 22.8. The van der Waals surface area contributed by atoms with Crippen molar-refractivity contribution in [3.63, 3.8) is 0 Å². The SMILES string of the molecule is CO[C@H]1C(=O)N2C(C(=O)OCC(=O)OC(C)(C)C)=C(COC(C)=O)CS(=O)(=O)C12. The number of nitrogens with zero attached hydrogens (tertiary/aromatic N) is 1. The van der Waals surface area contributed by atoms with E-state index >= 15 is 0 Å². The van der Waals surface area contributed by atoms with E-state index in [0.29, 0.717) is 0 Å². The van der Waals surface area contributed by atoms with Gasteiger partial charge in [0.15, 0.2) is 27.9 Å². The van der Waals surface area contributed by atoms with Gasteiger partial charge in [-0.1, -0.05) is 0 Å². The summed E-state index contributed by atoms with van der Waals surface area (Å²) < 4.78 is 44.7. The number of methoxy groups -OCH3 is 1. The Kier molecular flexibility index (Phi) is 6.38. The van der Waals surface area contributed by atoms with E-state index in [1.165, 1.54) is 7.11 Å². The van der Waals surface area contributed by atoms with E-state index in [-0.39, 0.29) is 11.3 Å². The zero-order valence-electron chi connectivity index (χ0n) is 16.7. The molecule has 0 N–H and O–H groups in total. The fourth-order valence-electron chi connectivity index (χ4n) is 2.91. The molecule has 2 heterocycles. The van der Waals surface area contributed by atoms with Crippen LogP contribution in [0, 0.1) is 0 Å². The Hall–Kier alpha value is -2.47. The second-order valence-corrected chi connectivity index (χ2v) is 9.55. The number of sulfone groups is 1. The highest BCUT2D eigenvalue weighted by Crippen LogP contribution is 2.38. The fourth-order valence-corrected chi connectivity index (χ4v) is 4.92. The van der Waals surface area contributed by atoms with Gasteiger partial charge in [-0.05, 0) is 20.8 Å². The second kappa shape index (κ2) is 8.11. The van der Waals surface area contributed by atoms with Crippen molar-refractivity contribution >= 4 is 33.7 Å². The predicted molar refractivity (Wildman–Crippen MR) is 95.7 cm³/mol. The van der Waals surface area contributed by atoms with Crippen LogP contribution in [0.2, 0.25) is 0 Å². The fraction of sp³-hybridized carbons (Fsp3) is 0.647. The number of β-lactam (4-membered cyclic amide) rings is 1. The van der Waals surface area contributed by atoms with Crippen LogP contribution in [0.25, 0.3) is 0 Å². The van der Waals surface area contributed by atoms with Crippen molar-refractivity contribution in [2.24, 2.45) is 0 Å². The number of carbonyl (C=O) groups is 4. The number of hydrogen-bond donors (Lipinski definition) is 0. The van der Waals surface area contributed by atoms with Gasteiger partial charge in [-0.2, -0.15) is 0 Å². The molecule has 0 aromatic rings. The van der Waals surface area contributed by atoms with Gasteiger partial charge in [-0.3, -0.25) is 14.5 Å². The molecular formula is C17H23NO10S. The van der Waals surface area contributed by atoms with Crippen molar-refractivity contribution in [3.8, 4) is 0 Å². The predicted octanol–water partition coefficient (Wildman–Crippen LogP) is -0.700. The highest BCUT2D eigenvalue weighted by molar-refractivity contribution is 7.92. The van der Waals surface area contributed by atoms with Gasteiger partial charge in [0.25, 0.3) is 5.91 Å². The minimum atomic E-state index is -3.91. The number of hydrogen-bond acceptors (Lipinski definition) is 10. The third-order valence-corrected chi connectivity index (χ3v) is 5.90. The molecule has 0 radical (unpaired) electrons. The summed E-state index contributed by atoms with van der Waals surface area (Å²) in [5.74, 6) is -4.03. The summed E-state index contributed by atoms with van der Waals surface area (Å²) in [7, 11) is -2.73. The van der Waals surface area contributed by atoms with E-state index < -0.39 is 69.7 Å². The molecule has 0 aromatic carbocycles. The number of rotatable bonds is 6. The van der Waals surface area contributed by atoms with Crippen LogP contribution in [-0.2, 0) is 48.0 Å². The molecule has 2 aliphatic heterocycles. The molecular weight excluding hydrogens is 410 g/mol. The third kappa shape index (κ3) is 4.93. The summed E-state index contributed by atoms with van der Waals surface area (Å²) in [6.45, 7) is 4.73. The molecule has 2 rings (SSSR count). The van der Waals surface area contributed by atoms with Crippen molar-refractivity contribution in [1.29, 1.82) is 0 Å². The summed E-state index contributed by atoms with van der Waals surface area (Å²) in [6.07, 6.45) is -1.26. The summed E-state index contributed by atoms with van der Waals surface area (Å²) in [4.78, 5) is 48.6. The third-order valence-electron chi connectivity index (χ3n) is 3.95. The minimum absolute atomic E-state index is 0.131. The van der Waals surface area contributed by atoms with Gasteiger partial charge in [0.1, 0.15) is 17.9 Å². The molecule has 162 valence electrons. The van der Waals surface area contributed by atoms with E-state index in [4.69, 9.17) is 18.9 Å². The van der Waals surface area contributed by atoms with E-state index in [1.54, 1.807) is 20.8 Å². The number of ether oxygens (including phenoxy) is 4. The maximum absolute atomic E-state index is 12.6. The normalized spacial score (nSPS) is 23.1. The molecule has 1 unspecified atom stereocenters. The zero-order chi connectivity index (χ0) is 22.1. The topological polar surface area (TPSA) is 143 Å². The Morgan fingerprint density at radius 3 is 2.31 bits per heavy atom. The first-order valence-electron chi connectivity index (χ1n) is 8.60. The number of esters is 3. The molecule has 12 heteroatoms. The van der Waals surface area contributed by atoms with E-state index in [2.05, 4.69) is 0 Å². The highest BCUT2D eigenvalue weighted by atomic mass is 32.2. The summed E-state index contributed by atoms with van der Waals surface area (Å²) in [6, 6.07) is 0. The molecule has 0 spiro atoms. The van der Waals surface area contributed by atoms with Crippen LogP contribution in [0.4, 0.5) is 0 Å². The lowest BCUT2D eigenvalue weighted by Gasteiger charge is -2.48. The van der Waals surface area contributed by atoms with E-state index in [1.807, 2.05) is 0 Å². The lowest BCUT2D eigenvalue weighted by atomic mass is 10.1. The summed E-state index contributed by atoms with van der Waals surface area (Å²) in [5.41, 5.74) is -1.31. The Balaban J connectivity index is 2.31. The van der Waals surface area contributed by atoms with Crippen molar-refractivity contribution < 1.29 is 46.5 Å². The molecule has 2 aliphatic rings. The van der Waals surface area contributed by atoms with Gasteiger partial charge in [-0.15, -0.1) is 0 Å². The van der Waals surface area contributed by atoms with Gasteiger partial charge < -0.3 is 18.9 Å². The van der Waals surface area contributed by atoms with Crippen molar-refractivity contribution in [3.05, 3.63) is 11.3 Å². The van der Waals surface area contributed by atoms with E-state index in [9.17, 15) is 27.6 Å². The Morgan fingerprint density at radius 1 is 1.17 bits per heavy atom. The molecule has 29 heavy (non-hydrogen) atoms. The average molecular weight is 433 g/mol. The lowest BCUT2D eigenvalue weighted by Crippen LogP contribution is -2.70. The Labute approximate surface area is 167 Å². The molecule has 2 atom stereocenters. The van der Waals surface area contributed by atoms with Crippen LogP contribution in [-0.4, -0.2) is 80.3 Å². The smallest absolute Gasteiger partial charge is 0.355 e. The van der Waals surface area contributed by atoms with Crippen molar-refractivity contribution in [1.82, 2.24) is 4.90 Å². The summed E-state index contributed by atoms with van der Waals surface area (Å²) in [5, 5.41) is -1.40. The van der Waals surface area contributed by atoms with Crippen LogP contribution in [0.5, 0.6) is 0 Å². The summed E-state index contributed by atoms with van der Waals surface area (Å²) >= 11 is 0. The number of carbonyl (C=O) groups excluding carboxylic acids is 4. The molecule has 1 amide bonds. The molecule has 1 saturated heterocycles. The standard InChI is InChI=1S/C17H23NO10S/c1-9(19)26-6-10-8-29(23,24)15-13(25-5)14(21)18(15)12(10)16(22)27-7-11(20)28-17(2,3)4/h13,15H,6-8H2,1-5H3/t13-,15?/m0/s1. The zero-order valence-corrected chi connectivity index (χ0v) is 17.5. The largest absolute Gasteiger partial charge is 0.461 e. The van der Waals surface area contributed by atoms with Gasteiger partial charge >= 0.3 is 17.9 Å². The quantitative estimate of drug-likeness (QED) is 0.300. The van der Waals surface area contributed by atoms with Gasteiger partial charge in [0.05, 0.1) is 5.75 Å². The van der Waals surface area contributed by atoms with Crippen LogP contribution in [0.3, 0.4) is 0 Å². The molecule has 0 aliphatic carbocycles. The van der Waals surface area contributed by atoms with Crippen LogP contribution < -0.4 is 0 Å².